The first-order chi connectivity index (χ1) is 29.9. The van der Waals surface area contributed by atoms with Crippen LogP contribution in [0.25, 0.3) is 0 Å². The number of carbonyl (C=O) groups is 6. The van der Waals surface area contributed by atoms with Gasteiger partial charge in [0.25, 0.3) is 17.3 Å². The predicted octanol–water partition coefficient (Wildman–Crippen LogP) is 6.50. The van der Waals surface area contributed by atoms with E-state index in [0.717, 1.165) is 36.4 Å². The van der Waals surface area contributed by atoms with Gasteiger partial charge in [-0.1, -0.05) is 41.5 Å². The molecule has 4 heterocycles. The summed E-state index contributed by atoms with van der Waals surface area (Å²) in [5.41, 5.74) is -0.667. The zero-order valence-corrected chi connectivity index (χ0v) is 39.1. The number of anilines is 1. The van der Waals surface area contributed by atoms with Crippen LogP contribution in [0.2, 0.25) is 18.1 Å². The largest absolute Gasteiger partial charge is 0.413 e. The number of nitrogens with zero attached hydrogens (tertiary/aromatic N) is 5. The quantitative estimate of drug-likeness (QED) is 0.0426. The van der Waals surface area contributed by atoms with Gasteiger partial charge in [-0.05, 0) is 55.2 Å². The average molecular weight is 937 g/mol. The van der Waals surface area contributed by atoms with Crippen molar-refractivity contribution in [2.45, 2.75) is 90.0 Å². The van der Waals surface area contributed by atoms with Crippen LogP contribution in [0.5, 0.6) is 0 Å². The van der Waals surface area contributed by atoms with Crippen LogP contribution in [0.1, 0.15) is 79.7 Å². The Kier molecular flexibility index (Phi) is 13.6. The van der Waals surface area contributed by atoms with Crippen molar-refractivity contribution < 1.29 is 52.5 Å². The Bertz CT molecular complexity index is 2430. The van der Waals surface area contributed by atoms with Crippen LogP contribution in [0.15, 0.2) is 64.5 Å². The SMILES string of the molecule is CC(C)[C@H](NC(=O)c1csc(N2CC(SC3=C(C(=O)OC(=O)c4ccc([N+](=O)[O-])cc4)N4C(=O)[C@H]([C@@H](C)O[Si](C)(C)C(C)(C)C)[C@H]4[C@H]3C)C2)n1)C(=O)OC(=O)c1ccc([N+](=O)[O-])cc1. The van der Waals surface area contributed by atoms with E-state index in [2.05, 4.69) is 44.2 Å². The number of carbonyl (C=O) groups excluding carboxylic acids is 6. The van der Waals surface area contributed by atoms with E-state index < -0.39 is 78.0 Å². The zero-order chi connectivity index (χ0) is 47.2. The molecule has 1 aromatic heterocycles. The fourth-order valence-electron chi connectivity index (χ4n) is 7.29. The van der Waals surface area contributed by atoms with E-state index in [-0.39, 0.29) is 56.0 Å². The number of aromatic nitrogens is 1. The lowest BCUT2D eigenvalue weighted by Gasteiger charge is -2.50. The highest BCUT2D eigenvalue weighted by molar-refractivity contribution is 8.03. The van der Waals surface area contributed by atoms with Gasteiger partial charge in [0.05, 0.1) is 39.0 Å². The van der Waals surface area contributed by atoms with Crippen molar-refractivity contribution in [2.24, 2.45) is 17.8 Å². The van der Waals surface area contributed by atoms with Crippen LogP contribution in [0, 0.1) is 38.0 Å². The number of nitro benzene ring substituents is 2. The summed E-state index contributed by atoms with van der Waals surface area (Å²) in [6.45, 7) is 18.5. The minimum Gasteiger partial charge on any atom is -0.413 e. The van der Waals surface area contributed by atoms with Crippen molar-refractivity contribution in [1.29, 1.82) is 0 Å². The summed E-state index contributed by atoms with van der Waals surface area (Å²) in [7, 11) is -2.30. The third-order valence-electron chi connectivity index (χ3n) is 11.9. The number of ether oxygens (including phenoxy) is 2. The molecule has 3 aliphatic heterocycles. The van der Waals surface area contributed by atoms with E-state index in [1.807, 2.05) is 18.7 Å². The molecule has 0 spiro atoms. The molecule has 3 aliphatic rings. The summed E-state index contributed by atoms with van der Waals surface area (Å²) in [5.74, 6) is -6.48. The van der Waals surface area contributed by atoms with Gasteiger partial charge < -0.3 is 29.0 Å². The fourth-order valence-corrected chi connectivity index (χ4v) is 11.1. The van der Waals surface area contributed by atoms with Crippen molar-refractivity contribution in [1.82, 2.24) is 15.2 Å². The number of thioether (sulfide) groups is 1. The number of nitrogens with one attached hydrogen (secondary N) is 1. The highest BCUT2D eigenvalue weighted by atomic mass is 32.2. The number of thiazole rings is 1. The molecule has 340 valence electrons. The Labute approximate surface area is 377 Å². The summed E-state index contributed by atoms with van der Waals surface area (Å²) in [6.07, 6.45) is -0.456. The number of hydrogen-bond acceptors (Lipinski definition) is 17. The van der Waals surface area contributed by atoms with Gasteiger partial charge in [-0.3, -0.25) is 29.8 Å². The van der Waals surface area contributed by atoms with Gasteiger partial charge in [0.1, 0.15) is 17.4 Å². The third kappa shape index (κ3) is 9.64. The van der Waals surface area contributed by atoms with Gasteiger partial charge in [0.15, 0.2) is 13.4 Å². The maximum Gasteiger partial charge on any atom is 0.363 e. The standard InChI is InChI=1S/C42H48N6O13S2Si/c1-21(2)31(39(53)59-37(51)24-10-14-26(15-11-24)47(55)56)44-35(49)29-20-62-41(43-29)45-18-28(19-45)63-34-22(3)32-30(23(4)61-64(8,9)42(5,6)7)36(50)46(32)33(34)40(54)60-38(52)25-12-16-27(17-13-25)48(57)58/h10-17,20-23,28,30-32H,18-19H2,1-9H3,(H,44,49)/t22-,23-,30-,31+,32-/m1/s1. The van der Waals surface area contributed by atoms with E-state index in [9.17, 15) is 49.0 Å². The van der Waals surface area contributed by atoms with Crippen molar-refractivity contribution in [3.05, 3.63) is 102 Å². The number of rotatable bonds is 15. The molecule has 0 aliphatic carbocycles. The molecule has 2 fully saturated rings. The molecule has 0 bridgehead atoms. The summed E-state index contributed by atoms with van der Waals surface area (Å²) in [4.78, 5) is 109. The van der Waals surface area contributed by atoms with Crippen LogP contribution in [-0.2, 0) is 28.3 Å². The highest BCUT2D eigenvalue weighted by Crippen LogP contribution is 2.53. The number of amides is 2. The Hall–Kier alpha value is -5.84. The van der Waals surface area contributed by atoms with Gasteiger partial charge in [-0.25, -0.2) is 24.2 Å². The molecule has 2 aromatic carbocycles. The molecule has 19 nitrogen and oxygen atoms in total. The molecule has 0 unspecified atom stereocenters. The second-order valence-electron chi connectivity index (χ2n) is 17.7. The van der Waals surface area contributed by atoms with Gasteiger partial charge in [0, 0.05) is 58.8 Å². The average Bonchev–Trinajstić information content (AvgIpc) is 3.78. The van der Waals surface area contributed by atoms with E-state index in [4.69, 9.17) is 13.9 Å². The van der Waals surface area contributed by atoms with Crippen LogP contribution in [0.4, 0.5) is 16.5 Å². The molecule has 1 N–H and O–H groups in total. The van der Waals surface area contributed by atoms with Crippen LogP contribution < -0.4 is 10.2 Å². The topological polar surface area (TPSA) is 248 Å². The second-order valence-corrected chi connectivity index (χ2v) is 24.6. The van der Waals surface area contributed by atoms with Crippen molar-refractivity contribution in [3.8, 4) is 0 Å². The van der Waals surface area contributed by atoms with E-state index in [1.54, 1.807) is 13.8 Å². The highest BCUT2D eigenvalue weighted by Gasteiger charge is 2.62. The van der Waals surface area contributed by atoms with Gasteiger partial charge in [0.2, 0.25) is 5.91 Å². The molecular weight excluding hydrogens is 889 g/mol. The van der Waals surface area contributed by atoms with E-state index in [0.29, 0.717) is 23.1 Å². The first-order valence-corrected chi connectivity index (χ1v) is 25.0. The summed E-state index contributed by atoms with van der Waals surface area (Å²) in [5, 5.41) is 26.5. The smallest absolute Gasteiger partial charge is 0.363 e. The van der Waals surface area contributed by atoms with Crippen molar-refractivity contribution in [3.63, 3.8) is 0 Å². The number of non-ortho nitro benzene ring substituents is 2. The number of nitro groups is 2. The van der Waals surface area contributed by atoms with Gasteiger partial charge >= 0.3 is 23.9 Å². The summed E-state index contributed by atoms with van der Waals surface area (Å²) in [6, 6.07) is 7.48. The van der Waals surface area contributed by atoms with E-state index >= 15 is 0 Å². The number of fused-ring (bicyclic) bond motifs is 1. The maximum atomic E-state index is 14.0. The molecule has 3 aromatic rings. The lowest BCUT2D eigenvalue weighted by Crippen LogP contribution is -2.65. The van der Waals surface area contributed by atoms with Crippen LogP contribution in [0.3, 0.4) is 0 Å². The monoisotopic (exact) mass is 936 g/mol. The van der Waals surface area contributed by atoms with Crippen LogP contribution >= 0.6 is 23.1 Å². The first-order valence-electron chi connectivity index (χ1n) is 20.3. The van der Waals surface area contributed by atoms with Crippen molar-refractivity contribution >= 4 is 83.6 Å². The molecule has 0 saturated carbocycles. The molecule has 0 radical (unpaired) electrons. The molecule has 6 rings (SSSR count). The number of β-lactam (4-membered cyclic amide) rings is 1. The third-order valence-corrected chi connectivity index (χ3v) is 18.9. The van der Waals surface area contributed by atoms with E-state index in [1.165, 1.54) is 45.5 Å². The molecule has 2 saturated heterocycles. The van der Waals surface area contributed by atoms with Crippen LogP contribution in [-0.4, -0.2) is 100 Å². The minimum absolute atomic E-state index is 0.0223. The number of esters is 4. The Balaban J connectivity index is 1.13. The summed E-state index contributed by atoms with van der Waals surface area (Å²) < 4.78 is 17.0. The predicted molar refractivity (Wildman–Crippen MR) is 237 cm³/mol. The lowest BCUT2D eigenvalue weighted by molar-refractivity contribution is -0.385. The lowest BCUT2D eigenvalue weighted by atomic mass is 9.79. The summed E-state index contributed by atoms with van der Waals surface area (Å²) >= 11 is 2.59. The normalized spacial score (nSPS) is 19.6. The Morgan fingerprint density at radius 3 is 1.92 bits per heavy atom. The van der Waals surface area contributed by atoms with Gasteiger partial charge in [-0.15, -0.1) is 23.1 Å². The Morgan fingerprint density at radius 1 is 0.891 bits per heavy atom. The molecule has 2 amide bonds. The molecule has 22 heteroatoms. The number of benzene rings is 2. The Morgan fingerprint density at radius 2 is 1.42 bits per heavy atom. The number of hydrogen-bond donors (Lipinski definition) is 1. The van der Waals surface area contributed by atoms with Crippen molar-refractivity contribution in [2.75, 3.05) is 18.0 Å². The molecule has 64 heavy (non-hydrogen) atoms. The minimum atomic E-state index is -2.30. The maximum absolute atomic E-state index is 14.0. The zero-order valence-electron chi connectivity index (χ0n) is 36.5. The molecule has 5 atom stereocenters. The molecular formula is C42H48N6O13S2Si. The second kappa shape index (κ2) is 18.3. The fraction of sp³-hybridized carbons (Fsp3) is 0.452. The first kappa shape index (κ1) is 47.6. The van der Waals surface area contributed by atoms with Gasteiger partial charge in [-0.2, -0.15) is 0 Å².